The van der Waals surface area contributed by atoms with Gasteiger partial charge in [-0.15, -0.1) is 0 Å². The van der Waals surface area contributed by atoms with Crippen LogP contribution in [0.1, 0.15) is 5.56 Å². The normalized spacial score (nSPS) is 11.8. The summed E-state index contributed by atoms with van der Waals surface area (Å²) in [5, 5.41) is 21.5. The minimum Gasteiger partial charge on any atom is -0.508 e. The molecule has 0 aliphatic heterocycles. The van der Waals surface area contributed by atoms with Crippen LogP contribution in [0.2, 0.25) is 0 Å². The first-order valence-electron chi connectivity index (χ1n) is 6.07. The zero-order valence-electron chi connectivity index (χ0n) is 10.6. The Morgan fingerprint density at radius 2 is 1.70 bits per heavy atom. The number of phenols is 1. The summed E-state index contributed by atoms with van der Waals surface area (Å²) in [6.45, 7) is 0. The Hall–Kier alpha value is -2.01. The first kappa shape index (κ1) is 14.4. The number of rotatable bonds is 5. The number of aromatic hydroxyl groups is 1. The molecule has 0 saturated heterocycles. The van der Waals surface area contributed by atoms with Crippen molar-refractivity contribution in [2.45, 2.75) is 12.5 Å². The van der Waals surface area contributed by atoms with Crippen LogP contribution in [0.4, 0.5) is 5.69 Å². The van der Waals surface area contributed by atoms with Crippen LogP contribution in [0.5, 0.6) is 5.75 Å². The molecule has 104 valence electrons. The van der Waals surface area contributed by atoms with Gasteiger partial charge in [-0.05, 0) is 42.0 Å². The molecular formula is C15H14BrNO3. The van der Waals surface area contributed by atoms with Crippen molar-refractivity contribution >= 4 is 27.6 Å². The average molecular weight is 336 g/mol. The molecule has 0 aliphatic carbocycles. The Morgan fingerprint density at radius 3 is 2.25 bits per heavy atom. The summed E-state index contributed by atoms with van der Waals surface area (Å²) in [7, 11) is 0. The van der Waals surface area contributed by atoms with E-state index in [4.69, 9.17) is 0 Å². The van der Waals surface area contributed by atoms with Gasteiger partial charge < -0.3 is 15.5 Å². The number of carboxylic acid groups (broad SMARTS) is 1. The van der Waals surface area contributed by atoms with E-state index < -0.39 is 12.0 Å². The molecule has 4 nitrogen and oxygen atoms in total. The van der Waals surface area contributed by atoms with Gasteiger partial charge in [-0.1, -0.05) is 28.1 Å². The fourth-order valence-electron chi connectivity index (χ4n) is 1.82. The highest BCUT2D eigenvalue weighted by atomic mass is 79.9. The SMILES string of the molecule is O=C(O)C(Cc1ccc(O)cc1)Nc1ccc(Br)cc1. The highest BCUT2D eigenvalue weighted by molar-refractivity contribution is 9.10. The molecule has 0 spiro atoms. The third kappa shape index (κ3) is 3.99. The second-order valence-corrected chi connectivity index (χ2v) is 5.33. The van der Waals surface area contributed by atoms with Crippen LogP contribution < -0.4 is 5.32 Å². The third-order valence-electron chi connectivity index (χ3n) is 2.86. The van der Waals surface area contributed by atoms with Gasteiger partial charge in [0.25, 0.3) is 0 Å². The fraction of sp³-hybridized carbons (Fsp3) is 0.133. The van der Waals surface area contributed by atoms with Crippen LogP contribution in [0.3, 0.4) is 0 Å². The number of phenolic OH excluding ortho intramolecular Hbond substituents is 1. The van der Waals surface area contributed by atoms with Gasteiger partial charge in [-0.25, -0.2) is 4.79 Å². The van der Waals surface area contributed by atoms with Gasteiger partial charge in [0.05, 0.1) is 0 Å². The lowest BCUT2D eigenvalue weighted by Crippen LogP contribution is -2.31. The molecule has 0 heterocycles. The van der Waals surface area contributed by atoms with Gasteiger partial charge in [0.2, 0.25) is 0 Å². The topological polar surface area (TPSA) is 69.6 Å². The number of anilines is 1. The molecule has 2 aromatic rings. The maximum atomic E-state index is 11.3. The monoisotopic (exact) mass is 335 g/mol. The molecule has 0 aromatic heterocycles. The van der Waals surface area contributed by atoms with E-state index >= 15 is 0 Å². The van der Waals surface area contributed by atoms with E-state index in [1.807, 2.05) is 24.3 Å². The number of hydrogen-bond donors (Lipinski definition) is 3. The Morgan fingerprint density at radius 1 is 1.10 bits per heavy atom. The quantitative estimate of drug-likeness (QED) is 0.784. The summed E-state index contributed by atoms with van der Waals surface area (Å²) in [5.74, 6) is -0.748. The highest BCUT2D eigenvalue weighted by Crippen LogP contribution is 2.17. The van der Waals surface area contributed by atoms with Crippen molar-refractivity contribution in [2.24, 2.45) is 0 Å². The molecule has 1 unspecified atom stereocenters. The summed E-state index contributed by atoms with van der Waals surface area (Å²) in [6, 6.07) is 13.1. The highest BCUT2D eigenvalue weighted by Gasteiger charge is 2.17. The molecule has 0 amide bonds. The second kappa shape index (κ2) is 6.43. The van der Waals surface area contributed by atoms with Crippen molar-refractivity contribution in [2.75, 3.05) is 5.32 Å². The number of carbonyl (C=O) groups is 1. The van der Waals surface area contributed by atoms with Crippen LogP contribution in [-0.4, -0.2) is 22.2 Å². The largest absolute Gasteiger partial charge is 0.508 e. The van der Waals surface area contributed by atoms with Gasteiger partial charge in [0, 0.05) is 16.6 Å². The van der Waals surface area contributed by atoms with Crippen LogP contribution in [0, 0.1) is 0 Å². The van der Waals surface area contributed by atoms with E-state index in [9.17, 15) is 15.0 Å². The number of halogens is 1. The third-order valence-corrected chi connectivity index (χ3v) is 3.39. The average Bonchev–Trinajstić information content (AvgIpc) is 2.42. The lowest BCUT2D eigenvalue weighted by Gasteiger charge is -2.16. The molecule has 1 atom stereocenters. The van der Waals surface area contributed by atoms with Gasteiger partial charge in [-0.2, -0.15) is 0 Å². The van der Waals surface area contributed by atoms with Crippen molar-refractivity contribution in [3.63, 3.8) is 0 Å². The maximum absolute atomic E-state index is 11.3. The molecule has 0 bridgehead atoms. The van der Waals surface area contributed by atoms with Crippen LogP contribution >= 0.6 is 15.9 Å². The van der Waals surface area contributed by atoms with Gasteiger partial charge in [0.1, 0.15) is 11.8 Å². The van der Waals surface area contributed by atoms with Crippen molar-refractivity contribution in [3.8, 4) is 5.75 Å². The Kier molecular flexibility index (Phi) is 4.63. The molecule has 0 fully saturated rings. The van der Waals surface area contributed by atoms with Gasteiger partial charge in [0.15, 0.2) is 0 Å². The maximum Gasteiger partial charge on any atom is 0.326 e. The van der Waals surface area contributed by atoms with Gasteiger partial charge >= 0.3 is 5.97 Å². The molecule has 0 saturated carbocycles. The van der Waals surface area contributed by atoms with Crippen LogP contribution in [-0.2, 0) is 11.2 Å². The van der Waals surface area contributed by atoms with Crippen molar-refractivity contribution in [1.82, 2.24) is 0 Å². The zero-order chi connectivity index (χ0) is 14.5. The number of nitrogens with one attached hydrogen (secondary N) is 1. The summed E-state index contributed by atoms with van der Waals surface area (Å²) >= 11 is 3.33. The standard InChI is InChI=1S/C15H14BrNO3/c16-11-3-5-12(6-4-11)17-14(15(19)20)9-10-1-7-13(18)8-2-10/h1-8,14,17-18H,9H2,(H,19,20). The first-order valence-corrected chi connectivity index (χ1v) is 6.87. The molecule has 20 heavy (non-hydrogen) atoms. The molecule has 2 aromatic carbocycles. The lowest BCUT2D eigenvalue weighted by atomic mass is 10.1. The smallest absolute Gasteiger partial charge is 0.326 e. The van der Waals surface area contributed by atoms with E-state index in [2.05, 4.69) is 21.2 Å². The van der Waals surface area contributed by atoms with E-state index in [1.54, 1.807) is 24.3 Å². The number of benzene rings is 2. The van der Waals surface area contributed by atoms with E-state index in [-0.39, 0.29) is 5.75 Å². The minimum absolute atomic E-state index is 0.168. The predicted octanol–water partition coefficient (Wildman–Crippen LogP) is 3.26. The van der Waals surface area contributed by atoms with Crippen molar-refractivity contribution < 1.29 is 15.0 Å². The van der Waals surface area contributed by atoms with Crippen LogP contribution in [0.25, 0.3) is 0 Å². The Bertz CT molecular complexity index is 534. The van der Waals surface area contributed by atoms with E-state index in [0.29, 0.717) is 6.42 Å². The molecular weight excluding hydrogens is 322 g/mol. The molecule has 0 radical (unpaired) electrons. The summed E-state index contributed by atoms with van der Waals surface area (Å²) < 4.78 is 0.938. The van der Waals surface area contributed by atoms with Crippen LogP contribution in [0.15, 0.2) is 53.0 Å². The van der Waals surface area contributed by atoms with E-state index in [0.717, 1.165) is 15.7 Å². The zero-order valence-corrected chi connectivity index (χ0v) is 12.2. The predicted molar refractivity (Wildman–Crippen MR) is 81.0 cm³/mol. The van der Waals surface area contributed by atoms with Gasteiger partial charge in [-0.3, -0.25) is 0 Å². The number of hydrogen-bond acceptors (Lipinski definition) is 3. The fourth-order valence-corrected chi connectivity index (χ4v) is 2.08. The summed E-state index contributed by atoms with van der Waals surface area (Å²) in [6.07, 6.45) is 0.339. The molecule has 5 heteroatoms. The number of aliphatic carboxylic acids is 1. The van der Waals surface area contributed by atoms with E-state index in [1.165, 1.54) is 0 Å². The number of carboxylic acids is 1. The molecule has 2 rings (SSSR count). The molecule has 3 N–H and O–H groups in total. The lowest BCUT2D eigenvalue weighted by molar-refractivity contribution is -0.137. The summed E-state index contributed by atoms with van der Waals surface area (Å²) in [4.78, 5) is 11.3. The minimum atomic E-state index is -0.916. The van der Waals surface area contributed by atoms with Crippen molar-refractivity contribution in [3.05, 3.63) is 58.6 Å². The first-order chi connectivity index (χ1) is 9.54. The Labute approximate surface area is 125 Å². The summed E-state index contributed by atoms with van der Waals surface area (Å²) in [5.41, 5.74) is 1.60. The van der Waals surface area contributed by atoms with Crippen molar-refractivity contribution in [1.29, 1.82) is 0 Å². The Balaban J connectivity index is 2.09. The second-order valence-electron chi connectivity index (χ2n) is 4.41. The molecule has 0 aliphatic rings.